The second-order valence-corrected chi connectivity index (χ2v) is 4.74. The maximum absolute atomic E-state index is 11.4. The van der Waals surface area contributed by atoms with Crippen LogP contribution in [0, 0.1) is 0 Å². The minimum Gasteiger partial charge on any atom is -0.397 e. The molecule has 0 atom stereocenters. The Labute approximate surface area is 91.3 Å². The summed E-state index contributed by atoms with van der Waals surface area (Å²) in [5.74, 6) is 0. The number of anilines is 1. The van der Waals surface area contributed by atoms with Crippen molar-refractivity contribution in [1.29, 1.82) is 0 Å². The molecule has 0 saturated carbocycles. The molecule has 0 aliphatic rings. The maximum Gasteiger partial charge on any atom is 0.326 e. The average Bonchev–Trinajstić information content (AvgIpc) is 2.07. The highest BCUT2D eigenvalue weighted by Crippen LogP contribution is 2.21. The second-order valence-electron chi connectivity index (χ2n) is 2.65. The van der Waals surface area contributed by atoms with Crippen molar-refractivity contribution in [3.63, 3.8) is 0 Å². The van der Waals surface area contributed by atoms with Crippen LogP contribution in [0.4, 0.5) is 10.5 Å². The Morgan fingerprint density at radius 1 is 1.40 bits per heavy atom. The van der Waals surface area contributed by atoms with Crippen LogP contribution in [0.3, 0.4) is 0 Å². The summed E-state index contributed by atoms with van der Waals surface area (Å²) in [6, 6.07) is 2.49. The molecule has 0 aromatic heterocycles. The third kappa shape index (κ3) is 2.74. The summed E-state index contributed by atoms with van der Waals surface area (Å²) in [7, 11) is -3.96. The molecule has 6 nitrogen and oxygen atoms in total. The molecule has 0 fully saturated rings. The van der Waals surface area contributed by atoms with Gasteiger partial charge in [0.1, 0.15) is 0 Å². The number of nitrogen functional groups attached to an aromatic ring is 1. The van der Waals surface area contributed by atoms with Crippen molar-refractivity contribution in [2.45, 2.75) is 4.90 Å². The van der Waals surface area contributed by atoms with Crippen LogP contribution in [0.1, 0.15) is 0 Å². The lowest BCUT2D eigenvalue weighted by atomic mass is 10.3. The molecule has 0 spiro atoms. The molecule has 0 aliphatic carbocycles. The van der Waals surface area contributed by atoms with Crippen molar-refractivity contribution in [2.24, 2.45) is 5.73 Å². The number of carbonyl (C=O) groups excluding carboxylic acids is 1. The molecule has 0 radical (unpaired) electrons. The molecular formula is C7H8ClN3O3S. The Kier molecular flexibility index (Phi) is 3.06. The largest absolute Gasteiger partial charge is 0.397 e. The van der Waals surface area contributed by atoms with Gasteiger partial charge >= 0.3 is 6.03 Å². The van der Waals surface area contributed by atoms with E-state index in [1.807, 2.05) is 0 Å². The van der Waals surface area contributed by atoms with Crippen molar-refractivity contribution in [3.8, 4) is 0 Å². The number of urea groups is 1. The van der Waals surface area contributed by atoms with Crippen molar-refractivity contribution < 1.29 is 13.2 Å². The molecular weight excluding hydrogens is 242 g/mol. The Bertz CT molecular complexity index is 500. The quantitative estimate of drug-likeness (QED) is 0.653. The van der Waals surface area contributed by atoms with Gasteiger partial charge in [0.2, 0.25) is 0 Å². The van der Waals surface area contributed by atoms with Crippen molar-refractivity contribution in [1.82, 2.24) is 4.72 Å². The summed E-state index contributed by atoms with van der Waals surface area (Å²) in [4.78, 5) is 10.2. The van der Waals surface area contributed by atoms with Crippen LogP contribution in [0.25, 0.3) is 0 Å². The number of nitrogens with two attached hydrogens (primary N) is 2. The van der Waals surface area contributed by atoms with Crippen LogP contribution < -0.4 is 16.2 Å². The molecule has 1 aromatic rings. The van der Waals surface area contributed by atoms with Crippen LogP contribution >= 0.6 is 11.6 Å². The number of hydrogen-bond donors (Lipinski definition) is 3. The first-order valence-corrected chi connectivity index (χ1v) is 5.56. The first-order chi connectivity index (χ1) is 6.83. The van der Waals surface area contributed by atoms with E-state index in [4.69, 9.17) is 23.1 Å². The summed E-state index contributed by atoms with van der Waals surface area (Å²) in [6.07, 6.45) is 0. The van der Waals surface area contributed by atoms with Crippen LogP contribution in [-0.4, -0.2) is 14.4 Å². The van der Waals surface area contributed by atoms with E-state index in [-0.39, 0.29) is 15.6 Å². The number of nitrogens with one attached hydrogen (secondary N) is 1. The molecule has 0 unspecified atom stereocenters. The number of sulfonamides is 1. The second kappa shape index (κ2) is 3.95. The minimum atomic E-state index is -3.96. The van der Waals surface area contributed by atoms with Crippen molar-refractivity contribution in [2.75, 3.05) is 5.73 Å². The van der Waals surface area contributed by atoms with Crippen LogP contribution in [0.15, 0.2) is 23.1 Å². The van der Waals surface area contributed by atoms with E-state index >= 15 is 0 Å². The van der Waals surface area contributed by atoms with Crippen LogP contribution in [0.2, 0.25) is 5.02 Å². The summed E-state index contributed by atoms with van der Waals surface area (Å²) in [5, 5.41) is 0.230. The van der Waals surface area contributed by atoms with Crippen LogP contribution in [-0.2, 0) is 10.0 Å². The van der Waals surface area contributed by atoms with Gasteiger partial charge < -0.3 is 11.5 Å². The Morgan fingerprint density at radius 2 is 2.00 bits per heavy atom. The number of amides is 2. The molecule has 1 rings (SSSR count). The van der Waals surface area contributed by atoms with Crippen molar-refractivity contribution >= 4 is 33.3 Å². The number of primary amides is 1. The summed E-state index contributed by atoms with van der Waals surface area (Å²) in [6.45, 7) is 0. The van der Waals surface area contributed by atoms with Gasteiger partial charge in [-0.05, 0) is 18.2 Å². The molecule has 82 valence electrons. The first kappa shape index (κ1) is 11.6. The Balaban J connectivity index is 3.17. The topological polar surface area (TPSA) is 115 Å². The first-order valence-electron chi connectivity index (χ1n) is 3.70. The fourth-order valence-electron chi connectivity index (χ4n) is 0.880. The molecule has 2 amide bonds. The highest BCUT2D eigenvalue weighted by molar-refractivity contribution is 7.90. The fourth-order valence-corrected chi connectivity index (χ4v) is 1.91. The third-order valence-electron chi connectivity index (χ3n) is 1.51. The SMILES string of the molecule is NC(=O)NS(=O)(=O)c1ccc(Cl)c(N)c1. The van der Waals surface area contributed by atoms with Gasteiger partial charge in [0.05, 0.1) is 15.6 Å². The highest BCUT2D eigenvalue weighted by Gasteiger charge is 2.16. The van der Waals surface area contributed by atoms with E-state index in [1.165, 1.54) is 12.1 Å². The minimum absolute atomic E-state index is 0.101. The zero-order valence-electron chi connectivity index (χ0n) is 7.40. The molecule has 0 saturated heterocycles. The lowest BCUT2D eigenvalue weighted by Gasteiger charge is -2.05. The van der Waals surface area contributed by atoms with Gasteiger partial charge in [-0.3, -0.25) is 0 Å². The average molecular weight is 250 g/mol. The van der Waals surface area contributed by atoms with E-state index in [1.54, 1.807) is 4.72 Å². The number of hydrogen-bond acceptors (Lipinski definition) is 4. The molecule has 0 bridgehead atoms. The molecule has 5 N–H and O–H groups in total. The van der Waals surface area contributed by atoms with Gasteiger partial charge in [-0.2, -0.15) is 0 Å². The van der Waals surface area contributed by atoms with Crippen LogP contribution in [0.5, 0.6) is 0 Å². The molecule has 0 heterocycles. The van der Waals surface area contributed by atoms with Gasteiger partial charge in [-0.25, -0.2) is 17.9 Å². The van der Waals surface area contributed by atoms with Gasteiger partial charge in [-0.15, -0.1) is 0 Å². The predicted molar refractivity (Wildman–Crippen MR) is 55.8 cm³/mol. The van der Waals surface area contributed by atoms with Gasteiger partial charge in [-0.1, -0.05) is 11.6 Å². The lowest BCUT2D eigenvalue weighted by Crippen LogP contribution is -2.34. The zero-order valence-corrected chi connectivity index (χ0v) is 8.97. The van der Waals surface area contributed by atoms with Crippen molar-refractivity contribution in [3.05, 3.63) is 23.2 Å². The highest BCUT2D eigenvalue weighted by atomic mass is 35.5. The lowest BCUT2D eigenvalue weighted by molar-refractivity contribution is 0.253. The standard InChI is InChI=1S/C7H8ClN3O3S/c8-5-2-1-4(3-6(5)9)15(13,14)11-7(10)12/h1-3H,9H2,(H3,10,11,12). The normalized spacial score (nSPS) is 11.0. The van der Waals surface area contributed by atoms with E-state index < -0.39 is 16.1 Å². The molecule has 1 aromatic carbocycles. The third-order valence-corrected chi connectivity index (χ3v) is 3.20. The molecule has 15 heavy (non-hydrogen) atoms. The van der Waals surface area contributed by atoms with E-state index in [0.29, 0.717) is 0 Å². The predicted octanol–water partition coefficient (Wildman–Crippen LogP) is 0.279. The van der Waals surface area contributed by atoms with Gasteiger partial charge in [0, 0.05) is 0 Å². The monoisotopic (exact) mass is 249 g/mol. The number of halogens is 1. The molecule has 0 aliphatic heterocycles. The van der Waals surface area contributed by atoms with Gasteiger partial charge in [0.15, 0.2) is 0 Å². The summed E-state index contributed by atoms with van der Waals surface area (Å²) < 4.78 is 24.4. The zero-order chi connectivity index (χ0) is 11.6. The number of benzene rings is 1. The maximum atomic E-state index is 11.4. The van der Waals surface area contributed by atoms with E-state index in [2.05, 4.69) is 0 Å². The Hall–Kier alpha value is -1.47. The number of carbonyl (C=O) groups is 1. The van der Waals surface area contributed by atoms with E-state index in [0.717, 1.165) is 6.07 Å². The van der Waals surface area contributed by atoms with E-state index in [9.17, 15) is 13.2 Å². The fraction of sp³-hybridized carbons (Fsp3) is 0. The summed E-state index contributed by atoms with van der Waals surface area (Å²) >= 11 is 5.60. The Morgan fingerprint density at radius 3 is 2.47 bits per heavy atom. The summed E-state index contributed by atoms with van der Waals surface area (Å²) in [5.41, 5.74) is 10.2. The number of rotatable bonds is 2. The molecule has 8 heteroatoms. The smallest absolute Gasteiger partial charge is 0.326 e. The van der Waals surface area contributed by atoms with Gasteiger partial charge in [0.25, 0.3) is 10.0 Å².